The number of halogens is 1. The normalized spacial score (nSPS) is 17.8. The third-order valence-electron chi connectivity index (χ3n) is 3.66. The van der Waals surface area contributed by atoms with Gasteiger partial charge in [0.25, 0.3) is 0 Å². The van der Waals surface area contributed by atoms with Gasteiger partial charge in [0.05, 0.1) is 12.2 Å². The van der Waals surface area contributed by atoms with Crippen LogP contribution in [-0.4, -0.2) is 19.2 Å². The van der Waals surface area contributed by atoms with E-state index in [0.29, 0.717) is 6.10 Å². The van der Waals surface area contributed by atoms with Crippen molar-refractivity contribution in [2.45, 2.75) is 51.2 Å². The highest BCUT2D eigenvalue weighted by molar-refractivity contribution is 6.30. The summed E-state index contributed by atoms with van der Waals surface area (Å²) in [6.45, 7) is 4.10. The van der Waals surface area contributed by atoms with E-state index < -0.39 is 0 Å². The Kier molecular flexibility index (Phi) is 6.15. The Hall–Kier alpha value is -0.570. The van der Waals surface area contributed by atoms with E-state index in [1.807, 2.05) is 12.1 Å². The highest BCUT2D eigenvalue weighted by atomic mass is 35.5. The Balaban J connectivity index is 1.97. The zero-order valence-corrected chi connectivity index (χ0v) is 12.5. The number of ether oxygens (including phenoxy) is 1. The molecule has 0 bridgehead atoms. The Morgan fingerprint density at radius 3 is 2.58 bits per heavy atom. The van der Waals surface area contributed by atoms with Crippen molar-refractivity contribution < 1.29 is 4.74 Å². The van der Waals surface area contributed by atoms with Gasteiger partial charge in [-0.1, -0.05) is 43.5 Å². The Bertz CT molecular complexity index is 360. The van der Waals surface area contributed by atoms with E-state index in [1.54, 1.807) is 0 Å². The first-order chi connectivity index (χ1) is 9.29. The lowest BCUT2D eigenvalue weighted by molar-refractivity contribution is -0.00864. The topological polar surface area (TPSA) is 21.3 Å². The van der Waals surface area contributed by atoms with Crippen molar-refractivity contribution in [3.8, 4) is 0 Å². The van der Waals surface area contributed by atoms with Gasteiger partial charge >= 0.3 is 0 Å². The van der Waals surface area contributed by atoms with Gasteiger partial charge in [0, 0.05) is 11.6 Å². The van der Waals surface area contributed by atoms with Crippen LogP contribution in [0.1, 0.15) is 50.7 Å². The van der Waals surface area contributed by atoms with Crippen LogP contribution in [0.2, 0.25) is 5.02 Å². The van der Waals surface area contributed by atoms with Crippen molar-refractivity contribution in [2.75, 3.05) is 13.1 Å². The monoisotopic (exact) mass is 281 g/mol. The minimum absolute atomic E-state index is 0.145. The molecule has 0 spiro atoms. The molecule has 0 heterocycles. The molecular weight excluding hydrogens is 258 g/mol. The highest BCUT2D eigenvalue weighted by Crippen LogP contribution is 2.28. The summed E-state index contributed by atoms with van der Waals surface area (Å²) in [6, 6.07) is 8.05. The minimum atomic E-state index is 0.145. The fourth-order valence-corrected chi connectivity index (χ4v) is 2.71. The van der Waals surface area contributed by atoms with Crippen LogP contribution in [0.5, 0.6) is 0 Å². The minimum Gasteiger partial charge on any atom is -0.369 e. The summed E-state index contributed by atoms with van der Waals surface area (Å²) in [5.41, 5.74) is 1.22. The predicted molar refractivity (Wildman–Crippen MR) is 80.7 cm³/mol. The van der Waals surface area contributed by atoms with Crippen LogP contribution in [-0.2, 0) is 4.74 Å². The second-order valence-electron chi connectivity index (χ2n) is 5.29. The molecule has 0 aliphatic heterocycles. The summed E-state index contributed by atoms with van der Waals surface area (Å²) in [4.78, 5) is 0. The van der Waals surface area contributed by atoms with Gasteiger partial charge < -0.3 is 10.1 Å². The Labute approximate surface area is 121 Å². The van der Waals surface area contributed by atoms with E-state index in [4.69, 9.17) is 16.3 Å². The molecule has 1 aromatic carbocycles. The largest absolute Gasteiger partial charge is 0.369 e. The van der Waals surface area contributed by atoms with E-state index in [-0.39, 0.29) is 6.10 Å². The highest BCUT2D eigenvalue weighted by Gasteiger charge is 2.21. The standard InChI is InChI=1S/C16H24ClNO/c1-2-11-18-12-16(19-15-5-3-4-6-15)13-7-9-14(17)10-8-13/h7-10,15-16,18H,2-6,11-12H2,1H3. The molecule has 1 saturated carbocycles. The molecule has 0 radical (unpaired) electrons. The molecule has 106 valence electrons. The maximum absolute atomic E-state index is 6.28. The molecule has 1 atom stereocenters. The van der Waals surface area contributed by atoms with Gasteiger partial charge in [-0.3, -0.25) is 0 Å². The summed E-state index contributed by atoms with van der Waals surface area (Å²) in [5.74, 6) is 0. The number of benzene rings is 1. The van der Waals surface area contributed by atoms with Crippen LogP contribution in [0.4, 0.5) is 0 Å². The zero-order chi connectivity index (χ0) is 13.5. The first-order valence-corrected chi connectivity index (χ1v) is 7.79. The molecule has 2 rings (SSSR count). The predicted octanol–water partition coefficient (Wildman–Crippen LogP) is 4.34. The average Bonchev–Trinajstić information content (AvgIpc) is 2.92. The fourth-order valence-electron chi connectivity index (χ4n) is 2.59. The smallest absolute Gasteiger partial charge is 0.0952 e. The Morgan fingerprint density at radius 2 is 1.95 bits per heavy atom. The summed E-state index contributed by atoms with van der Waals surface area (Å²) >= 11 is 5.96. The first-order valence-electron chi connectivity index (χ1n) is 7.41. The van der Waals surface area contributed by atoms with Crippen LogP contribution in [0.3, 0.4) is 0 Å². The van der Waals surface area contributed by atoms with Crippen molar-refractivity contribution >= 4 is 11.6 Å². The van der Waals surface area contributed by atoms with Crippen molar-refractivity contribution in [1.29, 1.82) is 0 Å². The molecule has 0 saturated heterocycles. The maximum Gasteiger partial charge on any atom is 0.0952 e. The molecular formula is C16H24ClNO. The van der Waals surface area contributed by atoms with Crippen LogP contribution in [0.25, 0.3) is 0 Å². The van der Waals surface area contributed by atoms with Crippen molar-refractivity contribution in [1.82, 2.24) is 5.32 Å². The van der Waals surface area contributed by atoms with Crippen molar-refractivity contribution in [2.24, 2.45) is 0 Å². The van der Waals surface area contributed by atoms with Gasteiger partial charge in [-0.2, -0.15) is 0 Å². The van der Waals surface area contributed by atoms with E-state index in [0.717, 1.165) is 24.5 Å². The summed E-state index contributed by atoms with van der Waals surface area (Å²) in [5, 5.41) is 4.25. The summed E-state index contributed by atoms with van der Waals surface area (Å²) in [7, 11) is 0. The van der Waals surface area contributed by atoms with E-state index in [9.17, 15) is 0 Å². The van der Waals surface area contributed by atoms with Crippen molar-refractivity contribution in [3.05, 3.63) is 34.9 Å². The number of rotatable bonds is 7. The van der Waals surface area contributed by atoms with Crippen molar-refractivity contribution in [3.63, 3.8) is 0 Å². The van der Waals surface area contributed by atoms with Gasteiger partial charge in [0.15, 0.2) is 0 Å². The lowest BCUT2D eigenvalue weighted by Gasteiger charge is -2.23. The lowest BCUT2D eigenvalue weighted by atomic mass is 10.1. The molecule has 0 amide bonds. The van der Waals surface area contributed by atoms with Crippen LogP contribution < -0.4 is 5.32 Å². The van der Waals surface area contributed by atoms with Crippen LogP contribution in [0.15, 0.2) is 24.3 Å². The molecule has 3 heteroatoms. The average molecular weight is 282 g/mol. The number of nitrogens with one attached hydrogen (secondary N) is 1. The number of hydrogen-bond donors (Lipinski definition) is 1. The van der Waals surface area contributed by atoms with E-state index in [2.05, 4.69) is 24.4 Å². The second kappa shape index (κ2) is 7.88. The van der Waals surface area contributed by atoms with Gasteiger partial charge in [-0.25, -0.2) is 0 Å². The van der Waals surface area contributed by atoms with Gasteiger partial charge in [0.1, 0.15) is 0 Å². The molecule has 1 aromatic rings. The number of hydrogen-bond acceptors (Lipinski definition) is 2. The third kappa shape index (κ3) is 4.79. The van der Waals surface area contributed by atoms with Gasteiger partial charge in [0.2, 0.25) is 0 Å². The SMILES string of the molecule is CCCNCC(OC1CCCC1)c1ccc(Cl)cc1. The van der Waals surface area contributed by atoms with Crippen LogP contribution >= 0.6 is 11.6 Å². The molecule has 1 unspecified atom stereocenters. The van der Waals surface area contributed by atoms with Gasteiger partial charge in [-0.15, -0.1) is 0 Å². The molecule has 1 aliphatic rings. The zero-order valence-electron chi connectivity index (χ0n) is 11.7. The molecule has 2 nitrogen and oxygen atoms in total. The third-order valence-corrected chi connectivity index (χ3v) is 3.91. The lowest BCUT2D eigenvalue weighted by Crippen LogP contribution is -2.26. The molecule has 19 heavy (non-hydrogen) atoms. The quantitative estimate of drug-likeness (QED) is 0.751. The second-order valence-corrected chi connectivity index (χ2v) is 5.72. The molecule has 1 aliphatic carbocycles. The van der Waals surface area contributed by atoms with Crippen LogP contribution in [0, 0.1) is 0 Å². The van der Waals surface area contributed by atoms with E-state index >= 15 is 0 Å². The maximum atomic E-state index is 6.28. The Morgan fingerprint density at radius 1 is 1.26 bits per heavy atom. The first kappa shape index (κ1) is 14.8. The summed E-state index contributed by atoms with van der Waals surface area (Å²) < 4.78 is 6.28. The fraction of sp³-hybridized carbons (Fsp3) is 0.625. The molecule has 1 N–H and O–H groups in total. The van der Waals surface area contributed by atoms with E-state index in [1.165, 1.54) is 31.2 Å². The summed E-state index contributed by atoms with van der Waals surface area (Å²) in [6.07, 6.45) is 6.75. The van der Waals surface area contributed by atoms with Gasteiger partial charge in [-0.05, 0) is 43.5 Å². The molecule has 1 fully saturated rings. The molecule has 0 aromatic heterocycles.